The highest BCUT2D eigenvalue weighted by molar-refractivity contribution is 9.09. The summed E-state index contributed by atoms with van der Waals surface area (Å²) in [6.07, 6.45) is 3.48. The number of allylic oxidation sites excluding steroid dienone is 1. The number of alkyl halides is 1. The summed E-state index contributed by atoms with van der Waals surface area (Å²) in [4.78, 5) is 15.5. The number of carbonyl (C=O) groups excluding carboxylic acids is 1. The maximum atomic E-state index is 12.4. The molecule has 0 radical (unpaired) electrons. The van der Waals surface area contributed by atoms with Crippen LogP contribution in [0, 0.1) is 6.92 Å². The molecule has 1 aliphatic heterocycles. The topological polar surface area (TPSA) is 20.3 Å². The Morgan fingerprint density at radius 2 is 2.22 bits per heavy atom. The molecular formula is C18H17BrClNOS. The van der Waals surface area contributed by atoms with Crippen LogP contribution in [0.15, 0.2) is 42.5 Å². The molecule has 0 bridgehead atoms. The molecule has 1 aromatic heterocycles. The van der Waals surface area contributed by atoms with Gasteiger partial charge in [-0.3, -0.25) is 4.79 Å². The number of fused-ring (bicyclic) bond motifs is 1. The molecule has 0 fully saturated rings. The highest BCUT2D eigenvalue weighted by atomic mass is 79.9. The van der Waals surface area contributed by atoms with Gasteiger partial charge < -0.3 is 4.90 Å². The largest absolute Gasteiger partial charge is 0.333 e. The van der Waals surface area contributed by atoms with Crippen molar-refractivity contribution in [3.8, 4) is 0 Å². The van der Waals surface area contributed by atoms with Gasteiger partial charge in [0.1, 0.15) is 0 Å². The average molecular weight is 411 g/mol. The van der Waals surface area contributed by atoms with Crippen molar-refractivity contribution in [2.75, 3.05) is 11.9 Å². The predicted molar refractivity (Wildman–Crippen MR) is 101 cm³/mol. The Kier molecular flexibility index (Phi) is 5.24. The zero-order valence-electron chi connectivity index (χ0n) is 12.8. The highest BCUT2D eigenvalue weighted by Gasteiger charge is 2.30. The van der Waals surface area contributed by atoms with Gasteiger partial charge >= 0.3 is 0 Å². The molecule has 0 unspecified atom stereocenters. The summed E-state index contributed by atoms with van der Waals surface area (Å²) in [6, 6.07) is 10.4. The van der Waals surface area contributed by atoms with Gasteiger partial charge in [-0.2, -0.15) is 0 Å². The lowest BCUT2D eigenvalue weighted by Gasteiger charge is -2.33. The van der Waals surface area contributed by atoms with Crippen molar-refractivity contribution in [1.29, 1.82) is 0 Å². The Labute approximate surface area is 153 Å². The molecule has 0 aliphatic carbocycles. The fraction of sp³-hybridized carbons (Fsp3) is 0.278. The van der Waals surface area contributed by atoms with Crippen LogP contribution in [0.2, 0.25) is 4.34 Å². The summed E-state index contributed by atoms with van der Waals surface area (Å²) in [5.74, 6) is 0.239. The lowest BCUT2D eigenvalue weighted by atomic mass is 9.86. The van der Waals surface area contributed by atoms with Gasteiger partial charge in [0.25, 0.3) is 0 Å². The van der Waals surface area contributed by atoms with Crippen LogP contribution in [0.25, 0.3) is 0 Å². The normalized spacial score (nSPS) is 17.5. The first-order chi connectivity index (χ1) is 11.1. The van der Waals surface area contributed by atoms with Crippen LogP contribution in [0.1, 0.15) is 27.5 Å². The molecule has 1 atom stereocenters. The SMILES string of the molecule is Cc1ccccc1[C@H]1CN(C(=O)/C=C/CBr)Cc2sc(Cl)cc21. The second kappa shape index (κ2) is 7.20. The van der Waals surface area contributed by atoms with Gasteiger partial charge in [-0.1, -0.05) is 57.9 Å². The summed E-state index contributed by atoms with van der Waals surface area (Å²) in [5.41, 5.74) is 3.78. The minimum absolute atomic E-state index is 0.0539. The summed E-state index contributed by atoms with van der Waals surface area (Å²) >= 11 is 11.1. The summed E-state index contributed by atoms with van der Waals surface area (Å²) in [5, 5.41) is 0.684. The minimum atomic E-state index is 0.0539. The van der Waals surface area contributed by atoms with Crippen molar-refractivity contribution < 1.29 is 4.79 Å². The first-order valence-corrected chi connectivity index (χ1v) is 9.76. The Hall–Kier alpha value is -1.10. The van der Waals surface area contributed by atoms with Crippen LogP contribution in [0.4, 0.5) is 0 Å². The van der Waals surface area contributed by atoms with Crippen LogP contribution >= 0.6 is 38.9 Å². The molecule has 23 heavy (non-hydrogen) atoms. The Bertz CT molecular complexity index is 755. The number of halogens is 2. The highest BCUT2D eigenvalue weighted by Crippen LogP contribution is 2.40. The maximum absolute atomic E-state index is 12.4. The van der Waals surface area contributed by atoms with Gasteiger partial charge in [-0.05, 0) is 35.8 Å². The Balaban J connectivity index is 1.99. The number of rotatable bonds is 3. The van der Waals surface area contributed by atoms with Gasteiger partial charge in [0.2, 0.25) is 5.91 Å². The number of nitrogens with zero attached hydrogens (tertiary/aromatic N) is 1. The van der Waals surface area contributed by atoms with E-state index in [-0.39, 0.29) is 11.8 Å². The Morgan fingerprint density at radius 3 is 2.96 bits per heavy atom. The van der Waals surface area contributed by atoms with E-state index in [1.54, 1.807) is 17.4 Å². The van der Waals surface area contributed by atoms with Crippen LogP contribution in [0.3, 0.4) is 0 Å². The molecule has 5 heteroatoms. The zero-order chi connectivity index (χ0) is 16.4. The monoisotopic (exact) mass is 409 g/mol. The van der Waals surface area contributed by atoms with Crippen LogP contribution in [0.5, 0.6) is 0 Å². The van der Waals surface area contributed by atoms with E-state index in [1.807, 2.05) is 17.0 Å². The molecule has 0 spiro atoms. The van der Waals surface area contributed by atoms with E-state index in [4.69, 9.17) is 11.6 Å². The smallest absolute Gasteiger partial charge is 0.246 e. The van der Waals surface area contributed by atoms with Crippen LogP contribution in [-0.4, -0.2) is 22.7 Å². The molecule has 3 rings (SSSR count). The number of hydrogen-bond donors (Lipinski definition) is 0. The van der Waals surface area contributed by atoms with E-state index in [1.165, 1.54) is 21.6 Å². The lowest BCUT2D eigenvalue weighted by Crippen LogP contribution is -2.37. The molecule has 0 N–H and O–H groups in total. The number of thiophene rings is 1. The third kappa shape index (κ3) is 3.54. The van der Waals surface area contributed by atoms with Crippen molar-refractivity contribution in [3.63, 3.8) is 0 Å². The van der Waals surface area contributed by atoms with Crippen molar-refractivity contribution >= 4 is 44.8 Å². The number of carbonyl (C=O) groups is 1. The Morgan fingerprint density at radius 1 is 1.43 bits per heavy atom. The quantitative estimate of drug-likeness (QED) is 0.507. The minimum Gasteiger partial charge on any atom is -0.333 e. The van der Waals surface area contributed by atoms with E-state index in [2.05, 4.69) is 47.1 Å². The summed E-state index contributed by atoms with van der Waals surface area (Å²) < 4.78 is 0.791. The number of hydrogen-bond acceptors (Lipinski definition) is 2. The van der Waals surface area contributed by atoms with Gasteiger partial charge in [-0.25, -0.2) is 0 Å². The third-order valence-corrected chi connectivity index (χ3v) is 5.79. The number of benzene rings is 1. The molecule has 1 amide bonds. The fourth-order valence-corrected chi connectivity index (χ4v) is 4.59. The van der Waals surface area contributed by atoms with Crippen LogP contribution < -0.4 is 0 Å². The van der Waals surface area contributed by atoms with Crippen molar-refractivity contribution in [2.45, 2.75) is 19.4 Å². The predicted octanol–water partition coefficient (Wildman–Crippen LogP) is 5.14. The standard InChI is InChI=1S/C18H17BrClNOS/c1-12-5-2-3-6-13(12)15-10-21(18(22)7-4-8-19)11-16-14(15)9-17(20)23-16/h2-7,9,15H,8,10-11H2,1H3/b7-4+/t15-/m1/s1. The summed E-state index contributed by atoms with van der Waals surface area (Å²) in [6.45, 7) is 3.45. The second-order valence-electron chi connectivity index (χ2n) is 5.61. The molecular weight excluding hydrogens is 394 g/mol. The van der Waals surface area contributed by atoms with E-state index >= 15 is 0 Å². The van der Waals surface area contributed by atoms with Gasteiger partial charge in [0.15, 0.2) is 0 Å². The number of aryl methyl sites for hydroxylation is 1. The number of amides is 1. The third-order valence-electron chi connectivity index (χ3n) is 4.15. The van der Waals surface area contributed by atoms with Gasteiger partial charge in [-0.15, -0.1) is 11.3 Å². The average Bonchev–Trinajstić information content (AvgIpc) is 2.92. The summed E-state index contributed by atoms with van der Waals surface area (Å²) in [7, 11) is 0. The van der Waals surface area contributed by atoms with E-state index in [0.29, 0.717) is 18.4 Å². The molecule has 0 saturated heterocycles. The molecule has 0 saturated carbocycles. The van der Waals surface area contributed by atoms with Crippen molar-refractivity contribution in [2.24, 2.45) is 0 Å². The molecule has 2 heterocycles. The molecule has 120 valence electrons. The first-order valence-electron chi connectivity index (χ1n) is 7.45. The van der Waals surface area contributed by atoms with E-state index in [0.717, 1.165) is 4.34 Å². The fourth-order valence-electron chi connectivity index (χ4n) is 3.05. The van der Waals surface area contributed by atoms with E-state index in [9.17, 15) is 4.79 Å². The second-order valence-corrected chi connectivity index (χ2v) is 8.03. The van der Waals surface area contributed by atoms with E-state index < -0.39 is 0 Å². The molecule has 1 aromatic carbocycles. The molecule has 2 nitrogen and oxygen atoms in total. The zero-order valence-corrected chi connectivity index (χ0v) is 15.9. The molecule has 1 aliphatic rings. The van der Waals surface area contributed by atoms with Crippen molar-refractivity contribution in [1.82, 2.24) is 4.90 Å². The maximum Gasteiger partial charge on any atom is 0.246 e. The lowest BCUT2D eigenvalue weighted by molar-refractivity contribution is -0.127. The van der Waals surface area contributed by atoms with Crippen molar-refractivity contribution in [3.05, 3.63) is 68.4 Å². The van der Waals surface area contributed by atoms with Crippen LogP contribution in [-0.2, 0) is 11.3 Å². The molecule has 2 aromatic rings. The first kappa shape index (κ1) is 16.7. The van der Waals surface area contributed by atoms with Gasteiger partial charge in [0.05, 0.1) is 10.9 Å². The van der Waals surface area contributed by atoms with Gasteiger partial charge in [0, 0.05) is 22.7 Å².